The van der Waals surface area contributed by atoms with Crippen molar-refractivity contribution < 1.29 is 18.7 Å². The Hall–Kier alpha value is -2.74. The van der Waals surface area contributed by atoms with E-state index in [9.17, 15) is 14.0 Å². The fourth-order valence-corrected chi connectivity index (χ4v) is 4.33. The molecule has 0 aliphatic heterocycles. The van der Waals surface area contributed by atoms with E-state index in [4.69, 9.17) is 4.74 Å². The Morgan fingerprint density at radius 2 is 2.00 bits per heavy atom. The maximum atomic E-state index is 13.2. The number of carbonyl (C=O) groups excluding carboxylic acids is 2. The van der Waals surface area contributed by atoms with E-state index < -0.39 is 5.92 Å². The van der Waals surface area contributed by atoms with Gasteiger partial charge in [0.05, 0.1) is 30.1 Å². The highest BCUT2D eigenvalue weighted by Crippen LogP contribution is 2.30. The number of rotatable bonds is 7. The zero-order valence-electron chi connectivity index (χ0n) is 16.9. The number of amides is 1. The highest BCUT2D eigenvalue weighted by Gasteiger charge is 2.24. The molecule has 1 amide bonds. The topological polar surface area (TPSA) is 64.4 Å². The summed E-state index contributed by atoms with van der Waals surface area (Å²) in [6, 6.07) is 8.16. The fraction of sp³-hybridized carbons (Fsp3) is 0.381. The van der Waals surface area contributed by atoms with Crippen molar-refractivity contribution in [2.45, 2.75) is 27.3 Å². The van der Waals surface area contributed by atoms with Gasteiger partial charge in [-0.2, -0.15) is 5.10 Å². The third-order valence-corrected chi connectivity index (χ3v) is 5.97. The summed E-state index contributed by atoms with van der Waals surface area (Å²) < 4.78 is 19.8. The molecular formula is C21H24FN3O3S. The minimum atomic E-state index is -0.394. The van der Waals surface area contributed by atoms with Gasteiger partial charge in [-0.15, -0.1) is 11.3 Å². The van der Waals surface area contributed by atoms with Crippen LogP contribution in [0.3, 0.4) is 0 Å². The lowest BCUT2D eigenvalue weighted by Gasteiger charge is -2.22. The molecule has 0 bridgehead atoms. The number of aryl methyl sites for hydroxylation is 1. The van der Waals surface area contributed by atoms with E-state index in [1.54, 1.807) is 24.0 Å². The van der Waals surface area contributed by atoms with Crippen LogP contribution in [0.15, 0.2) is 30.3 Å². The van der Waals surface area contributed by atoms with Crippen molar-refractivity contribution in [2.24, 2.45) is 5.92 Å². The van der Waals surface area contributed by atoms with Gasteiger partial charge in [-0.05, 0) is 37.6 Å². The first kappa shape index (κ1) is 21.0. The van der Waals surface area contributed by atoms with E-state index in [0.29, 0.717) is 24.5 Å². The number of thiophene rings is 1. The van der Waals surface area contributed by atoms with E-state index in [0.717, 1.165) is 21.5 Å². The molecule has 0 radical (unpaired) electrons. The van der Waals surface area contributed by atoms with Gasteiger partial charge in [-0.25, -0.2) is 4.39 Å². The number of benzene rings is 1. The Balaban J connectivity index is 1.85. The molecule has 0 aliphatic rings. The van der Waals surface area contributed by atoms with Crippen molar-refractivity contribution in [3.05, 3.63) is 52.3 Å². The molecular weight excluding hydrogens is 393 g/mol. The minimum absolute atomic E-state index is 0.114. The molecule has 2 aromatic heterocycles. The SMILES string of the molecule is CCN(CC(C)C(=O)OC)C(=O)c1cc2c(C)nn(Cc3ccc(F)cc3)c2s1. The number of nitrogens with zero attached hydrogens (tertiary/aromatic N) is 3. The summed E-state index contributed by atoms with van der Waals surface area (Å²) in [5.74, 6) is -1.12. The number of methoxy groups -OCH3 is 1. The molecule has 0 saturated carbocycles. The summed E-state index contributed by atoms with van der Waals surface area (Å²) in [4.78, 5) is 27.9. The molecule has 3 aromatic rings. The second-order valence-corrected chi connectivity index (χ2v) is 8.00. The van der Waals surface area contributed by atoms with E-state index in [1.165, 1.54) is 30.6 Å². The van der Waals surface area contributed by atoms with Crippen LogP contribution in [0.25, 0.3) is 10.2 Å². The molecule has 1 aromatic carbocycles. The minimum Gasteiger partial charge on any atom is -0.469 e. The van der Waals surface area contributed by atoms with Crippen LogP contribution in [0.5, 0.6) is 0 Å². The maximum Gasteiger partial charge on any atom is 0.310 e. The molecule has 29 heavy (non-hydrogen) atoms. The molecule has 0 spiro atoms. The monoisotopic (exact) mass is 417 g/mol. The second-order valence-electron chi connectivity index (χ2n) is 6.97. The zero-order valence-corrected chi connectivity index (χ0v) is 17.8. The summed E-state index contributed by atoms with van der Waals surface area (Å²) in [5.41, 5.74) is 1.77. The van der Waals surface area contributed by atoms with Crippen LogP contribution in [0.4, 0.5) is 4.39 Å². The number of halogens is 1. The number of fused-ring (bicyclic) bond motifs is 1. The first-order valence-corrected chi connectivity index (χ1v) is 10.2. The van der Waals surface area contributed by atoms with Crippen molar-refractivity contribution in [2.75, 3.05) is 20.2 Å². The lowest BCUT2D eigenvalue weighted by Crippen LogP contribution is -2.36. The third kappa shape index (κ3) is 4.48. The van der Waals surface area contributed by atoms with Gasteiger partial charge >= 0.3 is 5.97 Å². The van der Waals surface area contributed by atoms with E-state index in [1.807, 2.05) is 24.6 Å². The average molecular weight is 418 g/mol. The first-order valence-electron chi connectivity index (χ1n) is 9.42. The Kier molecular flexibility index (Phi) is 6.32. The van der Waals surface area contributed by atoms with Crippen LogP contribution in [0, 0.1) is 18.7 Å². The smallest absolute Gasteiger partial charge is 0.310 e. The zero-order chi connectivity index (χ0) is 21.1. The normalized spacial score (nSPS) is 12.2. The molecule has 6 nitrogen and oxygen atoms in total. The van der Waals surface area contributed by atoms with Gasteiger partial charge in [0.2, 0.25) is 0 Å². The molecule has 2 heterocycles. The number of carbonyl (C=O) groups is 2. The van der Waals surface area contributed by atoms with Crippen LogP contribution < -0.4 is 0 Å². The molecule has 0 N–H and O–H groups in total. The first-order chi connectivity index (χ1) is 13.8. The lowest BCUT2D eigenvalue weighted by atomic mass is 10.1. The Bertz CT molecular complexity index is 1030. The molecule has 8 heteroatoms. The maximum absolute atomic E-state index is 13.2. The largest absolute Gasteiger partial charge is 0.469 e. The van der Waals surface area contributed by atoms with Gasteiger partial charge in [0.15, 0.2) is 0 Å². The summed E-state index contributed by atoms with van der Waals surface area (Å²) in [6.07, 6.45) is 0. The Morgan fingerprint density at radius 3 is 2.62 bits per heavy atom. The highest BCUT2D eigenvalue weighted by molar-refractivity contribution is 7.20. The van der Waals surface area contributed by atoms with Crippen LogP contribution in [0.1, 0.15) is 34.8 Å². The molecule has 3 rings (SSSR count). The predicted molar refractivity (Wildman–Crippen MR) is 111 cm³/mol. The molecule has 0 fully saturated rings. The quantitative estimate of drug-likeness (QED) is 0.548. The van der Waals surface area contributed by atoms with Gasteiger partial charge in [-0.1, -0.05) is 19.1 Å². The van der Waals surface area contributed by atoms with Gasteiger partial charge in [0.25, 0.3) is 5.91 Å². The number of ether oxygens (including phenoxy) is 1. The van der Waals surface area contributed by atoms with E-state index in [-0.39, 0.29) is 17.7 Å². The van der Waals surface area contributed by atoms with Crippen LogP contribution in [0.2, 0.25) is 0 Å². The molecule has 0 aliphatic carbocycles. The van der Waals surface area contributed by atoms with Gasteiger partial charge in [-0.3, -0.25) is 14.3 Å². The molecule has 1 unspecified atom stereocenters. The summed E-state index contributed by atoms with van der Waals surface area (Å²) in [5, 5.41) is 5.49. The summed E-state index contributed by atoms with van der Waals surface area (Å²) in [7, 11) is 1.35. The predicted octanol–water partition coefficient (Wildman–Crippen LogP) is 3.86. The summed E-state index contributed by atoms with van der Waals surface area (Å²) in [6.45, 7) is 6.83. The van der Waals surface area contributed by atoms with Gasteiger partial charge in [0.1, 0.15) is 10.6 Å². The molecule has 154 valence electrons. The fourth-order valence-electron chi connectivity index (χ4n) is 3.21. The standard InChI is InChI=1S/C21H24FN3O3S/c1-5-24(11-13(2)21(27)28-4)19(26)18-10-17-14(3)23-25(20(17)29-18)12-15-6-8-16(22)9-7-15/h6-10,13H,5,11-12H2,1-4H3. The van der Waals surface area contributed by atoms with Crippen molar-refractivity contribution in [3.63, 3.8) is 0 Å². The number of esters is 1. The Labute approximate surface area is 172 Å². The third-order valence-electron chi connectivity index (χ3n) is 4.83. The Morgan fingerprint density at radius 1 is 1.31 bits per heavy atom. The van der Waals surface area contributed by atoms with Crippen molar-refractivity contribution in [1.82, 2.24) is 14.7 Å². The van der Waals surface area contributed by atoms with Crippen LogP contribution in [-0.2, 0) is 16.1 Å². The highest BCUT2D eigenvalue weighted by atomic mass is 32.1. The number of hydrogen-bond acceptors (Lipinski definition) is 5. The van der Waals surface area contributed by atoms with Gasteiger partial charge in [0, 0.05) is 18.5 Å². The van der Waals surface area contributed by atoms with E-state index in [2.05, 4.69) is 5.10 Å². The van der Waals surface area contributed by atoms with Crippen molar-refractivity contribution >= 4 is 33.4 Å². The number of hydrogen-bond donors (Lipinski definition) is 0. The van der Waals surface area contributed by atoms with Crippen molar-refractivity contribution in [1.29, 1.82) is 0 Å². The second kappa shape index (κ2) is 8.73. The lowest BCUT2D eigenvalue weighted by molar-refractivity contribution is -0.145. The average Bonchev–Trinajstić information content (AvgIpc) is 3.27. The van der Waals surface area contributed by atoms with Crippen molar-refractivity contribution in [3.8, 4) is 0 Å². The van der Waals surface area contributed by atoms with Gasteiger partial charge < -0.3 is 9.64 Å². The molecule has 0 saturated heterocycles. The van der Waals surface area contributed by atoms with Crippen LogP contribution >= 0.6 is 11.3 Å². The van der Waals surface area contributed by atoms with E-state index >= 15 is 0 Å². The number of aromatic nitrogens is 2. The van der Waals surface area contributed by atoms with Crippen LogP contribution in [-0.4, -0.2) is 46.8 Å². The summed E-state index contributed by atoms with van der Waals surface area (Å²) >= 11 is 1.38. The molecule has 1 atom stereocenters.